The molecule has 3 nitrogen and oxygen atoms in total. The number of epoxide rings is 1. The van der Waals surface area contributed by atoms with Crippen LogP contribution in [0.4, 0.5) is 0 Å². The summed E-state index contributed by atoms with van der Waals surface area (Å²) in [7, 11) is 0. The van der Waals surface area contributed by atoms with Crippen molar-refractivity contribution in [3.05, 3.63) is 34.9 Å². The van der Waals surface area contributed by atoms with Gasteiger partial charge >= 0.3 is 0 Å². The fourth-order valence-electron chi connectivity index (χ4n) is 2.16. The predicted molar refractivity (Wildman–Crippen MR) is 64.0 cm³/mol. The van der Waals surface area contributed by atoms with E-state index in [1.165, 1.54) is 0 Å². The van der Waals surface area contributed by atoms with Crippen molar-refractivity contribution < 1.29 is 14.2 Å². The summed E-state index contributed by atoms with van der Waals surface area (Å²) < 4.78 is 16.7. The van der Waals surface area contributed by atoms with E-state index in [9.17, 15) is 0 Å². The summed E-state index contributed by atoms with van der Waals surface area (Å²) in [5.74, 6) is 0. The first-order valence-electron chi connectivity index (χ1n) is 5.97. The molecule has 0 radical (unpaired) electrons. The van der Waals surface area contributed by atoms with Crippen molar-refractivity contribution in [2.75, 3.05) is 13.2 Å². The molecule has 0 aliphatic carbocycles. The first-order valence-corrected chi connectivity index (χ1v) is 6.35. The molecule has 0 amide bonds. The minimum atomic E-state index is -0.110. The minimum Gasteiger partial charge on any atom is -0.364 e. The molecule has 2 saturated heterocycles. The Hall–Kier alpha value is -0.610. The molecule has 1 aromatic carbocycles. The van der Waals surface area contributed by atoms with Crippen LogP contribution in [0.1, 0.15) is 24.5 Å². The molecule has 0 spiro atoms. The quantitative estimate of drug-likeness (QED) is 0.777. The monoisotopic (exact) mass is 254 g/mol. The van der Waals surface area contributed by atoms with Crippen LogP contribution in [0.3, 0.4) is 0 Å². The summed E-state index contributed by atoms with van der Waals surface area (Å²) in [6.07, 6.45) is 1.95. The van der Waals surface area contributed by atoms with E-state index in [1.807, 2.05) is 24.3 Å². The van der Waals surface area contributed by atoms with Crippen LogP contribution in [0, 0.1) is 0 Å². The molecule has 0 aromatic heterocycles. The van der Waals surface area contributed by atoms with Gasteiger partial charge in [0.05, 0.1) is 19.3 Å². The second-order valence-corrected chi connectivity index (χ2v) is 4.78. The molecule has 4 heteroatoms. The first kappa shape index (κ1) is 11.5. The van der Waals surface area contributed by atoms with E-state index in [-0.39, 0.29) is 18.5 Å². The summed E-state index contributed by atoms with van der Waals surface area (Å²) in [5, 5.41) is 0.769. The molecule has 2 atom stereocenters. The first-order chi connectivity index (χ1) is 8.34. The molecule has 3 rings (SSSR count). The summed E-state index contributed by atoms with van der Waals surface area (Å²) in [5.41, 5.74) is 1.06. The lowest BCUT2D eigenvalue weighted by Crippen LogP contribution is -2.26. The molecule has 2 fully saturated rings. The lowest BCUT2D eigenvalue weighted by molar-refractivity contribution is -0.182. The van der Waals surface area contributed by atoms with Crippen molar-refractivity contribution in [3.8, 4) is 0 Å². The standard InChI is InChI=1S/C13H15ClO3/c14-10-5-2-1-4-9(10)13-11(17-13)8-12-15-6-3-7-16-12/h1-2,4-5,11-13H,3,6-8H2/t11-,13+/m1/s1. The number of hydrogen-bond acceptors (Lipinski definition) is 3. The molecular formula is C13H15ClO3. The van der Waals surface area contributed by atoms with Crippen LogP contribution in [0.5, 0.6) is 0 Å². The number of rotatable bonds is 3. The third kappa shape index (κ3) is 2.63. The largest absolute Gasteiger partial charge is 0.364 e. The van der Waals surface area contributed by atoms with Gasteiger partial charge in [0.2, 0.25) is 0 Å². The van der Waals surface area contributed by atoms with Crippen LogP contribution in [-0.4, -0.2) is 25.6 Å². The van der Waals surface area contributed by atoms with Crippen molar-refractivity contribution in [2.45, 2.75) is 31.3 Å². The molecule has 2 aliphatic rings. The number of halogens is 1. The maximum atomic E-state index is 6.12. The SMILES string of the molecule is Clc1ccccc1[C@@H]1O[C@@H]1CC1OCCCO1. The molecule has 0 unspecified atom stereocenters. The number of hydrogen-bond donors (Lipinski definition) is 0. The van der Waals surface area contributed by atoms with E-state index >= 15 is 0 Å². The summed E-state index contributed by atoms with van der Waals surface area (Å²) in [6.45, 7) is 1.57. The molecule has 17 heavy (non-hydrogen) atoms. The lowest BCUT2D eigenvalue weighted by atomic mass is 10.1. The molecule has 0 N–H and O–H groups in total. The third-order valence-electron chi connectivity index (χ3n) is 3.12. The molecule has 2 aliphatic heterocycles. The van der Waals surface area contributed by atoms with Gasteiger partial charge in [-0.3, -0.25) is 0 Å². The lowest BCUT2D eigenvalue weighted by Gasteiger charge is -2.22. The maximum Gasteiger partial charge on any atom is 0.160 e. The topological polar surface area (TPSA) is 31.0 Å². The van der Waals surface area contributed by atoms with Gasteiger partial charge in [-0.25, -0.2) is 0 Å². The zero-order chi connectivity index (χ0) is 11.7. The van der Waals surface area contributed by atoms with E-state index in [0.29, 0.717) is 0 Å². The summed E-state index contributed by atoms with van der Waals surface area (Å²) in [4.78, 5) is 0. The fourth-order valence-corrected chi connectivity index (χ4v) is 2.41. The Kier molecular flexibility index (Phi) is 3.34. The van der Waals surface area contributed by atoms with Crippen molar-refractivity contribution in [3.63, 3.8) is 0 Å². The Balaban J connectivity index is 1.57. The smallest absolute Gasteiger partial charge is 0.160 e. The van der Waals surface area contributed by atoms with E-state index in [1.54, 1.807) is 0 Å². The zero-order valence-corrected chi connectivity index (χ0v) is 10.2. The van der Waals surface area contributed by atoms with Crippen molar-refractivity contribution in [2.24, 2.45) is 0 Å². The summed E-state index contributed by atoms with van der Waals surface area (Å²) >= 11 is 6.12. The normalized spacial score (nSPS) is 29.2. The molecule has 0 bridgehead atoms. The van der Waals surface area contributed by atoms with Gasteiger partial charge in [-0.2, -0.15) is 0 Å². The van der Waals surface area contributed by atoms with Gasteiger partial charge in [-0.05, 0) is 12.5 Å². The highest BCUT2D eigenvalue weighted by atomic mass is 35.5. The second-order valence-electron chi connectivity index (χ2n) is 4.38. The average Bonchev–Trinajstić information content (AvgIpc) is 3.10. The fraction of sp³-hybridized carbons (Fsp3) is 0.538. The Labute approximate surface area is 106 Å². The zero-order valence-electron chi connectivity index (χ0n) is 9.47. The highest BCUT2D eigenvalue weighted by Crippen LogP contribution is 2.44. The van der Waals surface area contributed by atoms with Crippen LogP contribution in [0.15, 0.2) is 24.3 Å². The number of ether oxygens (including phenoxy) is 3. The molecule has 1 aromatic rings. The molecule has 2 heterocycles. The van der Waals surface area contributed by atoms with Gasteiger partial charge in [-0.1, -0.05) is 29.8 Å². The van der Waals surface area contributed by atoms with Gasteiger partial charge in [0.15, 0.2) is 6.29 Å². The minimum absolute atomic E-state index is 0.109. The Morgan fingerprint density at radius 2 is 1.94 bits per heavy atom. The molecular weight excluding hydrogens is 240 g/mol. The van der Waals surface area contributed by atoms with Crippen LogP contribution >= 0.6 is 11.6 Å². The Bertz CT molecular complexity index is 390. The van der Waals surface area contributed by atoms with Crippen LogP contribution < -0.4 is 0 Å². The van der Waals surface area contributed by atoms with Gasteiger partial charge < -0.3 is 14.2 Å². The number of benzene rings is 1. The van der Waals surface area contributed by atoms with Crippen LogP contribution in [0.2, 0.25) is 5.02 Å². The van der Waals surface area contributed by atoms with Crippen molar-refractivity contribution in [1.29, 1.82) is 0 Å². The molecule has 92 valence electrons. The second kappa shape index (κ2) is 4.94. The van der Waals surface area contributed by atoms with Crippen LogP contribution in [-0.2, 0) is 14.2 Å². The van der Waals surface area contributed by atoms with E-state index in [4.69, 9.17) is 25.8 Å². The van der Waals surface area contributed by atoms with Gasteiger partial charge in [0, 0.05) is 17.0 Å². The predicted octanol–water partition coefficient (Wildman–Crippen LogP) is 2.93. The van der Waals surface area contributed by atoms with Crippen LogP contribution in [0.25, 0.3) is 0 Å². The Morgan fingerprint density at radius 3 is 2.71 bits per heavy atom. The Morgan fingerprint density at radius 1 is 1.18 bits per heavy atom. The van der Waals surface area contributed by atoms with E-state index in [2.05, 4.69) is 0 Å². The van der Waals surface area contributed by atoms with Gasteiger partial charge in [-0.15, -0.1) is 0 Å². The third-order valence-corrected chi connectivity index (χ3v) is 3.46. The van der Waals surface area contributed by atoms with Gasteiger partial charge in [0.25, 0.3) is 0 Å². The average molecular weight is 255 g/mol. The van der Waals surface area contributed by atoms with Gasteiger partial charge in [0.1, 0.15) is 6.10 Å². The summed E-state index contributed by atoms with van der Waals surface area (Å²) in [6, 6.07) is 7.81. The van der Waals surface area contributed by atoms with Crippen molar-refractivity contribution in [1.82, 2.24) is 0 Å². The maximum absolute atomic E-state index is 6.12. The van der Waals surface area contributed by atoms with E-state index < -0.39 is 0 Å². The van der Waals surface area contributed by atoms with E-state index in [0.717, 1.165) is 36.6 Å². The van der Waals surface area contributed by atoms with Crippen molar-refractivity contribution >= 4 is 11.6 Å². The highest BCUT2D eigenvalue weighted by molar-refractivity contribution is 6.31. The molecule has 0 saturated carbocycles. The highest BCUT2D eigenvalue weighted by Gasteiger charge is 2.43.